The molecule has 1 N–H and O–H groups in total. The summed E-state index contributed by atoms with van der Waals surface area (Å²) in [6.07, 6.45) is 0.653. The predicted octanol–water partition coefficient (Wildman–Crippen LogP) is 2.56. The van der Waals surface area contributed by atoms with Gasteiger partial charge in [-0.05, 0) is 12.5 Å². The fourth-order valence-electron chi connectivity index (χ4n) is 1.35. The van der Waals surface area contributed by atoms with E-state index in [0.29, 0.717) is 18.8 Å². The first kappa shape index (κ1) is 15.4. The summed E-state index contributed by atoms with van der Waals surface area (Å²) in [7, 11) is 1.54. The van der Waals surface area contributed by atoms with Crippen molar-refractivity contribution >= 4 is 23.4 Å². The van der Waals surface area contributed by atoms with Crippen LogP contribution in [0.2, 0.25) is 0 Å². The molecule has 6 nitrogen and oxygen atoms in total. The quantitative estimate of drug-likeness (QED) is 0.359. The first-order valence-corrected chi connectivity index (χ1v) is 6.29. The summed E-state index contributed by atoms with van der Waals surface area (Å²) in [5, 5.41) is 19.6. The van der Waals surface area contributed by atoms with Crippen molar-refractivity contribution in [2.45, 2.75) is 11.3 Å². The van der Waals surface area contributed by atoms with Crippen molar-refractivity contribution < 1.29 is 24.0 Å². The van der Waals surface area contributed by atoms with E-state index in [1.807, 2.05) is 0 Å². The lowest BCUT2D eigenvalue weighted by Crippen LogP contribution is -2.03. The molecule has 0 fully saturated rings. The Morgan fingerprint density at radius 3 is 2.79 bits per heavy atom. The van der Waals surface area contributed by atoms with Crippen LogP contribution in [0, 0.1) is 15.9 Å². The van der Waals surface area contributed by atoms with Gasteiger partial charge in [0.05, 0.1) is 9.82 Å². The molecule has 104 valence electrons. The SMILES string of the molecule is COCCCSc1cc(F)c(C(=O)O)cc1[N+](=O)[O-]. The molecular weight excluding hydrogens is 277 g/mol. The average molecular weight is 289 g/mol. The second-order valence-electron chi connectivity index (χ2n) is 3.56. The summed E-state index contributed by atoms with van der Waals surface area (Å²) in [6, 6.07) is 1.63. The summed E-state index contributed by atoms with van der Waals surface area (Å²) in [5.41, 5.74) is -1.10. The number of methoxy groups -OCH3 is 1. The maximum Gasteiger partial charge on any atom is 0.338 e. The molecule has 0 spiro atoms. The van der Waals surface area contributed by atoms with E-state index in [-0.39, 0.29) is 4.90 Å². The van der Waals surface area contributed by atoms with Crippen LogP contribution in [0.4, 0.5) is 10.1 Å². The van der Waals surface area contributed by atoms with Crippen LogP contribution in [0.1, 0.15) is 16.8 Å². The lowest BCUT2D eigenvalue weighted by molar-refractivity contribution is -0.387. The molecule has 0 saturated heterocycles. The Labute approximate surface area is 112 Å². The van der Waals surface area contributed by atoms with Crippen molar-refractivity contribution in [2.24, 2.45) is 0 Å². The van der Waals surface area contributed by atoms with E-state index in [1.165, 1.54) is 7.11 Å². The lowest BCUT2D eigenvalue weighted by Gasteiger charge is -2.05. The number of thioether (sulfide) groups is 1. The topological polar surface area (TPSA) is 89.7 Å². The molecular formula is C11H12FNO5S. The number of carboxylic acids is 1. The number of hydrogen-bond acceptors (Lipinski definition) is 5. The van der Waals surface area contributed by atoms with Gasteiger partial charge in [-0.1, -0.05) is 0 Å². The third kappa shape index (κ3) is 4.18. The Bertz CT molecular complexity index is 494. The Morgan fingerprint density at radius 1 is 1.58 bits per heavy atom. The van der Waals surface area contributed by atoms with Crippen LogP contribution in [0.25, 0.3) is 0 Å². The van der Waals surface area contributed by atoms with E-state index in [9.17, 15) is 19.3 Å². The van der Waals surface area contributed by atoms with Gasteiger partial charge in [0.15, 0.2) is 0 Å². The average Bonchev–Trinajstić information content (AvgIpc) is 2.33. The molecule has 1 aromatic rings. The van der Waals surface area contributed by atoms with E-state index in [1.54, 1.807) is 0 Å². The molecule has 1 rings (SSSR count). The molecule has 0 unspecified atom stereocenters. The van der Waals surface area contributed by atoms with Crippen LogP contribution < -0.4 is 0 Å². The summed E-state index contributed by atoms with van der Waals surface area (Å²) in [4.78, 5) is 21.0. The number of carboxylic acid groups (broad SMARTS) is 1. The van der Waals surface area contributed by atoms with Gasteiger partial charge in [-0.2, -0.15) is 0 Å². The highest BCUT2D eigenvalue weighted by Gasteiger charge is 2.21. The van der Waals surface area contributed by atoms with Crippen LogP contribution in [0.5, 0.6) is 0 Å². The molecule has 0 aromatic heterocycles. The Balaban J connectivity index is 2.99. The monoisotopic (exact) mass is 289 g/mol. The second-order valence-corrected chi connectivity index (χ2v) is 4.69. The zero-order chi connectivity index (χ0) is 14.4. The summed E-state index contributed by atoms with van der Waals surface area (Å²) in [5.74, 6) is -2.00. The largest absolute Gasteiger partial charge is 0.478 e. The summed E-state index contributed by atoms with van der Waals surface area (Å²) < 4.78 is 18.3. The molecule has 0 aliphatic heterocycles. The number of ether oxygens (including phenoxy) is 1. The van der Waals surface area contributed by atoms with Gasteiger partial charge in [-0.3, -0.25) is 10.1 Å². The summed E-state index contributed by atoms with van der Waals surface area (Å²) >= 11 is 1.10. The number of rotatable bonds is 7. The highest BCUT2D eigenvalue weighted by molar-refractivity contribution is 7.99. The van der Waals surface area contributed by atoms with Crippen LogP contribution in [-0.2, 0) is 4.74 Å². The van der Waals surface area contributed by atoms with Crippen molar-refractivity contribution in [3.8, 4) is 0 Å². The normalized spacial score (nSPS) is 10.4. The van der Waals surface area contributed by atoms with Gasteiger partial charge < -0.3 is 9.84 Å². The minimum atomic E-state index is -1.53. The van der Waals surface area contributed by atoms with E-state index in [2.05, 4.69) is 0 Å². The van der Waals surface area contributed by atoms with Crippen LogP contribution in [0.15, 0.2) is 17.0 Å². The predicted molar refractivity (Wildman–Crippen MR) is 67.2 cm³/mol. The maximum absolute atomic E-state index is 13.5. The van der Waals surface area contributed by atoms with E-state index < -0.39 is 28.0 Å². The first-order chi connectivity index (χ1) is 8.97. The zero-order valence-corrected chi connectivity index (χ0v) is 10.9. The number of hydrogen-bond donors (Lipinski definition) is 1. The van der Waals surface area contributed by atoms with Gasteiger partial charge in [0, 0.05) is 25.5 Å². The molecule has 0 atom stereocenters. The van der Waals surface area contributed by atoms with E-state index >= 15 is 0 Å². The molecule has 8 heteroatoms. The number of nitro benzene ring substituents is 1. The Morgan fingerprint density at radius 2 is 2.26 bits per heavy atom. The minimum Gasteiger partial charge on any atom is -0.478 e. The van der Waals surface area contributed by atoms with Crippen molar-refractivity contribution in [1.29, 1.82) is 0 Å². The Kier molecular flexibility index (Phi) is 5.71. The molecule has 0 saturated carbocycles. The molecule has 19 heavy (non-hydrogen) atoms. The van der Waals surface area contributed by atoms with Crippen LogP contribution in [-0.4, -0.2) is 35.5 Å². The smallest absolute Gasteiger partial charge is 0.338 e. The number of halogens is 1. The van der Waals surface area contributed by atoms with Gasteiger partial charge in [0.2, 0.25) is 0 Å². The third-order valence-corrected chi connectivity index (χ3v) is 3.36. The highest BCUT2D eigenvalue weighted by atomic mass is 32.2. The standard InChI is InChI=1S/C11H12FNO5S/c1-18-3-2-4-19-10-6-8(12)7(11(14)15)5-9(10)13(16)17/h5-6H,2-4H2,1H3,(H,14,15). The van der Waals surface area contributed by atoms with E-state index in [4.69, 9.17) is 9.84 Å². The minimum absolute atomic E-state index is 0.114. The van der Waals surface area contributed by atoms with Gasteiger partial charge >= 0.3 is 5.97 Å². The fraction of sp³-hybridized carbons (Fsp3) is 0.364. The summed E-state index contributed by atoms with van der Waals surface area (Å²) in [6.45, 7) is 0.497. The first-order valence-electron chi connectivity index (χ1n) is 5.30. The number of nitro groups is 1. The molecule has 0 amide bonds. The van der Waals surface area contributed by atoms with Gasteiger partial charge in [0.1, 0.15) is 11.4 Å². The Hall–Kier alpha value is -1.67. The molecule has 0 heterocycles. The molecule has 0 radical (unpaired) electrons. The van der Waals surface area contributed by atoms with Crippen LogP contribution >= 0.6 is 11.8 Å². The molecule has 0 aliphatic carbocycles. The van der Waals surface area contributed by atoms with Gasteiger partial charge in [0.25, 0.3) is 5.69 Å². The highest BCUT2D eigenvalue weighted by Crippen LogP contribution is 2.32. The number of aromatic carboxylic acids is 1. The van der Waals surface area contributed by atoms with Crippen molar-refractivity contribution in [3.63, 3.8) is 0 Å². The van der Waals surface area contributed by atoms with Crippen molar-refractivity contribution in [1.82, 2.24) is 0 Å². The fourth-order valence-corrected chi connectivity index (χ4v) is 2.30. The zero-order valence-electron chi connectivity index (χ0n) is 10.1. The molecule has 0 aliphatic rings. The number of carbonyl (C=O) groups is 1. The second kappa shape index (κ2) is 7.05. The van der Waals surface area contributed by atoms with Crippen molar-refractivity contribution in [2.75, 3.05) is 19.5 Å². The maximum atomic E-state index is 13.5. The van der Waals surface area contributed by atoms with Gasteiger partial charge in [-0.25, -0.2) is 9.18 Å². The lowest BCUT2D eigenvalue weighted by atomic mass is 10.2. The molecule has 0 bridgehead atoms. The number of nitrogens with zero attached hydrogens (tertiary/aromatic N) is 1. The molecule has 1 aromatic carbocycles. The third-order valence-electron chi connectivity index (χ3n) is 2.23. The number of benzene rings is 1. The van der Waals surface area contributed by atoms with E-state index in [0.717, 1.165) is 23.9 Å². The van der Waals surface area contributed by atoms with Crippen LogP contribution in [0.3, 0.4) is 0 Å². The van der Waals surface area contributed by atoms with Gasteiger partial charge in [-0.15, -0.1) is 11.8 Å². The van der Waals surface area contributed by atoms with Crippen molar-refractivity contribution in [3.05, 3.63) is 33.6 Å².